The van der Waals surface area contributed by atoms with E-state index in [0.29, 0.717) is 17.0 Å². The second-order valence-electron chi connectivity index (χ2n) is 4.54. The van der Waals surface area contributed by atoms with Crippen LogP contribution in [-0.4, -0.2) is 26.2 Å². The maximum absolute atomic E-state index is 6.15. The van der Waals surface area contributed by atoms with Gasteiger partial charge in [0.05, 0.1) is 12.1 Å². The van der Waals surface area contributed by atoms with E-state index in [9.17, 15) is 0 Å². The molecule has 1 heterocycles. The lowest BCUT2D eigenvalue weighted by molar-refractivity contribution is 0.415. The van der Waals surface area contributed by atoms with Crippen LogP contribution in [0.25, 0.3) is 0 Å². The minimum Gasteiger partial charge on any atom is -0.495 e. The van der Waals surface area contributed by atoms with Gasteiger partial charge in [0, 0.05) is 18.3 Å². The van der Waals surface area contributed by atoms with Crippen LogP contribution >= 0.6 is 11.6 Å². The van der Waals surface area contributed by atoms with Crippen molar-refractivity contribution in [3.8, 4) is 5.75 Å². The van der Waals surface area contributed by atoms with Crippen LogP contribution in [0.15, 0.2) is 18.2 Å². The lowest BCUT2D eigenvalue weighted by Gasteiger charge is -2.26. The Bertz CT molecular complexity index is 397. The van der Waals surface area contributed by atoms with Gasteiger partial charge in [0.25, 0.3) is 0 Å². The maximum atomic E-state index is 6.15. The minimum atomic E-state index is 0.476. The molecule has 1 aromatic carbocycles. The first-order valence-corrected chi connectivity index (χ1v) is 6.35. The molecule has 1 aromatic rings. The summed E-state index contributed by atoms with van der Waals surface area (Å²) in [5.74, 6) is 1.30. The van der Waals surface area contributed by atoms with Gasteiger partial charge >= 0.3 is 0 Å². The SMILES string of the molecule is COc1ccc(N2CCC(CN)C2C)cc1Cl. The van der Waals surface area contributed by atoms with E-state index in [-0.39, 0.29) is 0 Å². The summed E-state index contributed by atoms with van der Waals surface area (Å²) < 4.78 is 5.16. The fourth-order valence-electron chi connectivity index (χ4n) is 2.52. The lowest BCUT2D eigenvalue weighted by Crippen LogP contribution is -2.32. The molecule has 2 atom stereocenters. The Morgan fingerprint density at radius 1 is 1.53 bits per heavy atom. The Morgan fingerprint density at radius 3 is 2.82 bits per heavy atom. The van der Waals surface area contributed by atoms with Crippen molar-refractivity contribution in [3.05, 3.63) is 23.2 Å². The van der Waals surface area contributed by atoms with Crippen LogP contribution in [-0.2, 0) is 0 Å². The summed E-state index contributed by atoms with van der Waals surface area (Å²) in [5, 5.41) is 0.661. The van der Waals surface area contributed by atoms with Crippen LogP contribution < -0.4 is 15.4 Å². The molecule has 1 fully saturated rings. The average Bonchev–Trinajstić information content (AvgIpc) is 2.70. The number of nitrogens with two attached hydrogens (primary N) is 1. The summed E-state index contributed by atoms with van der Waals surface area (Å²) in [7, 11) is 1.63. The van der Waals surface area contributed by atoms with Crippen molar-refractivity contribution in [2.45, 2.75) is 19.4 Å². The van der Waals surface area contributed by atoms with E-state index in [2.05, 4.69) is 17.9 Å². The Kier molecular flexibility index (Phi) is 3.79. The van der Waals surface area contributed by atoms with Gasteiger partial charge < -0.3 is 15.4 Å². The summed E-state index contributed by atoms with van der Waals surface area (Å²) in [5.41, 5.74) is 6.92. The van der Waals surface area contributed by atoms with Gasteiger partial charge in [0.15, 0.2) is 0 Å². The largest absolute Gasteiger partial charge is 0.495 e. The lowest BCUT2D eigenvalue weighted by atomic mass is 10.0. The highest BCUT2D eigenvalue weighted by Crippen LogP contribution is 2.34. The monoisotopic (exact) mass is 254 g/mol. The normalized spacial score (nSPS) is 24.1. The Morgan fingerprint density at radius 2 is 2.29 bits per heavy atom. The Balaban J connectivity index is 2.21. The van der Waals surface area contributed by atoms with Crippen LogP contribution in [0.5, 0.6) is 5.75 Å². The molecule has 2 unspecified atom stereocenters. The van der Waals surface area contributed by atoms with Gasteiger partial charge in [-0.1, -0.05) is 11.6 Å². The van der Waals surface area contributed by atoms with E-state index >= 15 is 0 Å². The van der Waals surface area contributed by atoms with Crippen molar-refractivity contribution in [1.29, 1.82) is 0 Å². The Hall–Kier alpha value is -0.930. The van der Waals surface area contributed by atoms with E-state index in [4.69, 9.17) is 22.1 Å². The number of methoxy groups -OCH3 is 1. The second-order valence-corrected chi connectivity index (χ2v) is 4.94. The third kappa shape index (κ3) is 2.35. The molecule has 17 heavy (non-hydrogen) atoms. The van der Waals surface area contributed by atoms with Gasteiger partial charge in [-0.2, -0.15) is 0 Å². The molecule has 94 valence electrons. The van der Waals surface area contributed by atoms with Crippen molar-refractivity contribution in [2.75, 3.05) is 25.1 Å². The summed E-state index contributed by atoms with van der Waals surface area (Å²) in [6.07, 6.45) is 1.15. The number of anilines is 1. The van der Waals surface area contributed by atoms with E-state index in [1.54, 1.807) is 7.11 Å². The van der Waals surface area contributed by atoms with Crippen molar-refractivity contribution >= 4 is 17.3 Å². The molecule has 2 rings (SSSR count). The first-order chi connectivity index (χ1) is 8.17. The molecule has 0 bridgehead atoms. The molecule has 0 saturated carbocycles. The predicted octanol–water partition coefficient (Wildman–Crippen LogP) is 2.52. The van der Waals surface area contributed by atoms with Gasteiger partial charge in [-0.25, -0.2) is 0 Å². The van der Waals surface area contributed by atoms with Gasteiger partial charge in [0.2, 0.25) is 0 Å². The van der Waals surface area contributed by atoms with E-state index in [1.165, 1.54) is 0 Å². The molecule has 1 aliphatic heterocycles. The summed E-state index contributed by atoms with van der Waals surface area (Å²) in [6, 6.07) is 6.42. The fraction of sp³-hybridized carbons (Fsp3) is 0.538. The van der Waals surface area contributed by atoms with E-state index in [1.807, 2.05) is 12.1 Å². The molecule has 0 amide bonds. The summed E-state index contributed by atoms with van der Waals surface area (Å²) in [6.45, 7) is 4.02. The maximum Gasteiger partial charge on any atom is 0.137 e. The highest BCUT2D eigenvalue weighted by atomic mass is 35.5. The van der Waals surface area contributed by atoms with Crippen molar-refractivity contribution in [1.82, 2.24) is 0 Å². The molecule has 0 aromatic heterocycles. The van der Waals surface area contributed by atoms with Crippen LogP contribution in [0.2, 0.25) is 5.02 Å². The number of benzene rings is 1. The zero-order valence-electron chi connectivity index (χ0n) is 10.3. The number of nitrogens with zero attached hydrogens (tertiary/aromatic N) is 1. The van der Waals surface area contributed by atoms with Gasteiger partial charge in [0.1, 0.15) is 5.75 Å². The standard InChI is InChI=1S/C13H19ClN2O/c1-9-10(8-15)5-6-16(9)11-3-4-13(17-2)12(14)7-11/h3-4,7,9-10H,5-6,8,15H2,1-2H3. The predicted molar refractivity (Wildman–Crippen MR) is 72.0 cm³/mol. The third-order valence-corrected chi connectivity index (χ3v) is 3.98. The highest BCUT2D eigenvalue weighted by molar-refractivity contribution is 6.32. The topological polar surface area (TPSA) is 38.5 Å². The number of rotatable bonds is 3. The molecule has 0 radical (unpaired) electrons. The summed E-state index contributed by atoms with van der Waals surface area (Å²) >= 11 is 6.15. The molecule has 0 spiro atoms. The molecular formula is C13H19ClN2O. The smallest absolute Gasteiger partial charge is 0.137 e. The van der Waals surface area contributed by atoms with Gasteiger partial charge in [-0.05, 0) is 44.0 Å². The van der Waals surface area contributed by atoms with E-state index in [0.717, 1.165) is 30.9 Å². The number of ether oxygens (including phenoxy) is 1. The van der Waals surface area contributed by atoms with Crippen LogP contribution in [0.4, 0.5) is 5.69 Å². The zero-order valence-corrected chi connectivity index (χ0v) is 11.1. The van der Waals surface area contributed by atoms with Crippen LogP contribution in [0.3, 0.4) is 0 Å². The second kappa shape index (κ2) is 5.15. The molecule has 0 aliphatic carbocycles. The molecular weight excluding hydrogens is 236 g/mol. The first kappa shape index (κ1) is 12.5. The zero-order chi connectivity index (χ0) is 12.4. The van der Waals surface area contributed by atoms with Crippen molar-refractivity contribution < 1.29 is 4.74 Å². The number of hydrogen-bond donors (Lipinski definition) is 1. The summed E-state index contributed by atoms with van der Waals surface area (Å²) in [4.78, 5) is 2.36. The fourth-order valence-corrected chi connectivity index (χ4v) is 2.77. The van der Waals surface area contributed by atoms with Crippen molar-refractivity contribution in [2.24, 2.45) is 11.7 Å². The number of halogens is 1. The van der Waals surface area contributed by atoms with Crippen LogP contribution in [0, 0.1) is 5.92 Å². The van der Waals surface area contributed by atoms with Gasteiger partial charge in [-0.15, -0.1) is 0 Å². The average molecular weight is 255 g/mol. The molecule has 2 N–H and O–H groups in total. The molecule has 3 nitrogen and oxygen atoms in total. The quantitative estimate of drug-likeness (QED) is 0.901. The minimum absolute atomic E-state index is 0.476. The highest BCUT2D eigenvalue weighted by Gasteiger charge is 2.29. The van der Waals surface area contributed by atoms with Crippen LogP contribution in [0.1, 0.15) is 13.3 Å². The molecule has 1 aliphatic rings. The van der Waals surface area contributed by atoms with Crippen molar-refractivity contribution in [3.63, 3.8) is 0 Å². The Labute approximate surface area is 107 Å². The van der Waals surface area contributed by atoms with E-state index < -0.39 is 0 Å². The number of hydrogen-bond acceptors (Lipinski definition) is 3. The molecule has 4 heteroatoms. The third-order valence-electron chi connectivity index (χ3n) is 3.68. The first-order valence-electron chi connectivity index (χ1n) is 5.97. The molecule has 1 saturated heterocycles. The van der Waals surface area contributed by atoms with Gasteiger partial charge in [-0.3, -0.25) is 0 Å².